The van der Waals surface area contributed by atoms with Crippen LogP contribution < -0.4 is 5.32 Å². The van der Waals surface area contributed by atoms with Gasteiger partial charge in [0.1, 0.15) is 18.3 Å². The Morgan fingerprint density at radius 3 is 2.92 bits per heavy atom. The lowest BCUT2D eigenvalue weighted by molar-refractivity contribution is -0.380. The molecule has 1 amide bonds. The number of benzene rings is 1. The number of ether oxygens (including phenoxy) is 1. The summed E-state index contributed by atoms with van der Waals surface area (Å²) >= 11 is 0.704. The minimum absolute atomic E-state index is 0.0509. The third-order valence-electron chi connectivity index (χ3n) is 2.98. The van der Waals surface area contributed by atoms with Crippen LogP contribution in [-0.2, 0) is 20.9 Å². The number of anilines is 1. The highest BCUT2D eigenvalue weighted by atomic mass is 32.1. The SMILES string of the molecule is O=C(COC(=O)Cn1nnc2ccccc21)Nc1ncc([N+](=O)[O-])s1. The Morgan fingerprint density at radius 1 is 1.36 bits per heavy atom. The number of nitrogens with one attached hydrogen (secondary N) is 1. The van der Waals surface area contributed by atoms with E-state index in [9.17, 15) is 19.7 Å². The predicted molar refractivity (Wildman–Crippen MR) is 85.9 cm³/mol. The Hall–Kier alpha value is -3.41. The summed E-state index contributed by atoms with van der Waals surface area (Å²) in [5, 5.41) is 20.4. The number of esters is 1. The van der Waals surface area contributed by atoms with Crippen LogP contribution in [0.5, 0.6) is 0 Å². The van der Waals surface area contributed by atoms with Gasteiger partial charge in [-0.1, -0.05) is 17.3 Å². The monoisotopic (exact) mass is 362 g/mol. The predicted octanol–water partition coefficient (Wildman–Crippen LogP) is 0.978. The van der Waals surface area contributed by atoms with Gasteiger partial charge in [-0.05, 0) is 23.5 Å². The fourth-order valence-electron chi connectivity index (χ4n) is 1.91. The Bertz CT molecular complexity index is 951. The first kappa shape index (κ1) is 16.4. The zero-order valence-corrected chi connectivity index (χ0v) is 13.3. The summed E-state index contributed by atoms with van der Waals surface area (Å²) in [5.41, 5.74) is 1.30. The normalized spacial score (nSPS) is 10.6. The topological polar surface area (TPSA) is 142 Å². The van der Waals surface area contributed by atoms with Crippen molar-refractivity contribution in [1.82, 2.24) is 20.0 Å². The summed E-state index contributed by atoms with van der Waals surface area (Å²) in [6, 6.07) is 7.09. The number of hydrogen-bond acceptors (Lipinski definition) is 9. The van der Waals surface area contributed by atoms with Crippen LogP contribution in [0.4, 0.5) is 10.1 Å². The van der Waals surface area contributed by atoms with Crippen molar-refractivity contribution in [1.29, 1.82) is 0 Å². The molecule has 0 saturated heterocycles. The molecule has 11 nitrogen and oxygen atoms in total. The average molecular weight is 362 g/mol. The zero-order chi connectivity index (χ0) is 17.8. The Kier molecular flexibility index (Phi) is 4.61. The van der Waals surface area contributed by atoms with Crippen LogP contribution in [0.25, 0.3) is 11.0 Å². The molecule has 12 heteroatoms. The maximum absolute atomic E-state index is 11.8. The van der Waals surface area contributed by atoms with Gasteiger partial charge in [0.2, 0.25) is 0 Å². The molecule has 0 spiro atoms. The molecule has 0 saturated carbocycles. The molecule has 0 atom stereocenters. The molecule has 0 aliphatic rings. The zero-order valence-electron chi connectivity index (χ0n) is 12.5. The van der Waals surface area contributed by atoms with Crippen LogP contribution in [0.2, 0.25) is 0 Å². The van der Waals surface area contributed by atoms with Crippen LogP contribution in [0.3, 0.4) is 0 Å². The van der Waals surface area contributed by atoms with Crippen LogP contribution in [0.1, 0.15) is 0 Å². The number of fused-ring (bicyclic) bond motifs is 1. The molecule has 0 unspecified atom stereocenters. The van der Waals surface area contributed by atoms with Crippen LogP contribution in [-0.4, -0.2) is 43.4 Å². The quantitative estimate of drug-likeness (QED) is 0.388. The van der Waals surface area contributed by atoms with E-state index in [2.05, 4.69) is 20.6 Å². The average Bonchev–Trinajstić information content (AvgIpc) is 3.21. The van der Waals surface area contributed by atoms with E-state index >= 15 is 0 Å². The number of amides is 1. The smallest absolute Gasteiger partial charge is 0.345 e. The molecule has 1 N–H and O–H groups in total. The summed E-state index contributed by atoms with van der Waals surface area (Å²) in [7, 11) is 0. The number of nitrogens with zero attached hydrogens (tertiary/aromatic N) is 5. The molecular weight excluding hydrogens is 352 g/mol. The second-order valence-corrected chi connectivity index (χ2v) is 5.71. The van der Waals surface area contributed by atoms with Gasteiger partial charge in [-0.2, -0.15) is 0 Å². The number of nitro groups is 1. The highest BCUT2D eigenvalue weighted by Crippen LogP contribution is 2.24. The Balaban J connectivity index is 1.51. The lowest BCUT2D eigenvalue weighted by Crippen LogP contribution is -2.23. The van der Waals surface area contributed by atoms with Gasteiger partial charge >= 0.3 is 11.0 Å². The molecule has 3 rings (SSSR count). The molecule has 25 heavy (non-hydrogen) atoms. The van der Waals surface area contributed by atoms with Crippen molar-refractivity contribution >= 4 is 44.4 Å². The number of carbonyl (C=O) groups is 2. The van der Waals surface area contributed by atoms with Gasteiger partial charge in [-0.25, -0.2) is 9.67 Å². The second kappa shape index (κ2) is 7.00. The molecular formula is C13H10N6O5S. The first-order chi connectivity index (χ1) is 12.0. The van der Waals surface area contributed by atoms with E-state index in [1.807, 2.05) is 0 Å². The van der Waals surface area contributed by atoms with Crippen molar-refractivity contribution in [3.8, 4) is 0 Å². The highest BCUT2D eigenvalue weighted by molar-refractivity contribution is 7.18. The molecule has 0 bridgehead atoms. The lowest BCUT2D eigenvalue weighted by Gasteiger charge is -2.05. The van der Waals surface area contributed by atoms with Gasteiger partial charge in [0, 0.05) is 0 Å². The summed E-state index contributed by atoms with van der Waals surface area (Å²) in [4.78, 5) is 37.1. The van der Waals surface area contributed by atoms with Crippen LogP contribution in [0, 0.1) is 10.1 Å². The number of thiazole rings is 1. The maximum atomic E-state index is 11.8. The number of aromatic nitrogens is 4. The molecule has 0 aliphatic carbocycles. The van der Waals surface area contributed by atoms with E-state index in [0.29, 0.717) is 22.4 Å². The Labute approximate surface area is 143 Å². The van der Waals surface area contributed by atoms with Crippen molar-refractivity contribution in [3.63, 3.8) is 0 Å². The third-order valence-corrected chi connectivity index (χ3v) is 3.85. The molecule has 0 fully saturated rings. The van der Waals surface area contributed by atoms with E-state index in [1.165, 1.54) is 4.68 Å². The lowest BCUT2D eigenvalue weighted by atomic mass is 10.3. The van der Waals surface area contributed by atoms with Gasteiger partial charge in [0.05, 0.1) is 10.4 Å². The molecule has 0 aliphatic heterocycles. The maximum Gasteiger partial charge on any atom is 0.345 e. The van der Waals surface area contributed by atoms with Crippen molar-refractivity contribution < 1.29 is 19.2 Å². The molecule has 2 heterocycles. The summed E-state index contributed by atoms with van der Waals surface area (Å²) in [6.07, 6.45) is 1.03. The summed E-state index contributed by atoms with van der Waals surface area (Å²) in [5.74, 6) is -1.32. The van der Waals surface area contributed by atoms with Crippen molar-refractivity contribution in [2.24, 2.45) is 0 Å². The van der Waals surface area contributed by atoms with Crippen molar-refractivity contribution in [2.45, 2.75) is 6.54 Å². The van der Waals surface area contributed by atoms with Gasteiger partial charge < -0.3 is 4.74 Å². The number of rotatable bonds is 6. The van der Waals surface area contributed by atoms with Gasteiger partial charge in [-0.15, -0.1) is 5.10 Å². The second-order valence-electron chi connectivity index (χ2n) is 4.71. The van der Waals surface area contributed by atoms with Crippen LogP contribution in [0.15, 0.2) is 30.5 Å². The number of para-hydroxylation sites is 1. The third kappa shape index (κ3) is 3.92. The fraction of sp³-hybridized carbons (Fsp3) is 0.154. The molecule has 3 aromatic rings. The van der Waals surface area contributed by atoms with E-state index in [1.54, 1.807) is 24.3 Å². The van der Waals surface area contributed by atoms with E-state index in [-0.39, 0.29) is 16.7 Å². The van der Waals surface area contributed by atoms with Crippen molar-refractivity contribution in [3.05, 3.63) is 40.6 Å². The van der Waals surface area contributed by atoms with E-state index < -0.39 is 23.4 Å². The summed E-state index contributed by atoms with van der Waals surface area (Å²) < 4.78 is 6.22. The van der Waals surface area contributed by atoms with E-state index in [0.717, 1.165) is 6.20 Å². The van der Waals surface area contributed by atoms with Crippen LogP contribution >= 0.6 is 11.3 Å². The first-order valence-corrected chi connectivity index (χ1v) is 7.68. The standard InChI is InChI=1S/C13H10N6O5S/c20-10(15-13-14-5-11(25-13)19(22)23)7-24-12(21)6-18-9-4-2-1-3-8(9)16-17-18/h1-5H,6-7H2,(H,14,15,20). The number of hydrogen-bond donors (Lipinski definition) is 1. The summed E-state index contributed by atoms with van der Waals surface area (Å²) in [6.45, 7) is -0.741. The molecule has 1 aromatic carbocycles. The largest absolute Gasteiger partial charge is 0.454 e. The van der Waals surface area contributed by atoms with Gasteiger partial charge in [0.25, 0.3) is 5.91 Å². The first-order valence-electron chi connectivity index (χ1n) is 6.87. The number of carbonyl (C=O) groups excluding carboxylic acids is 2. The minimum Gasteiger partial charge on any atom is -0.454 e. The Morgan fingerprint density at radius 2 is 2.16 bits per heavy atom. The minimum atomic E-state index is -0.670. The highest BCUT2D eigenvalue weighted by Gasteiger charge is 2.15. The molecule has 128 valence electrons. The molecule has 2 aromatic heterocycles. The van der Waals surface area contributed by atoms with Gasteiger partial charge in [-0.3, -0.25) is 25.0 Å². The van der Waals surface area contributed by atoms with E-state index in [4.69, 9.17) is 4.74 Å². The van der Waals surface area contributed by atoms with Crippen molar-refractivity contribution in [2.75, 3.05) is 11.9 Å². The van der Waals surface area contributed by atoms with Gasteiger partial charge in [0.15, 0.2) is 11.7 Å². The molecule has 0 radical (unpaired) electrons. The fourth-order valence-corrected chi connectivity index (χ4v) is 2.56.